The average molecular weight is 631 g/mol. The second-order valence-corrected chi connectivity index (χ2v) is 24.4. The van der Waals surface area contributed by atoms with Crippen LogP contribution in [-0.4, -0.2) is 46.0 Å². The molecular formula is C30H52F6O3Si2. The summed E-state index contributed by atoms with van der Waals surface area (Å²) in [5, 5.41) is 0. The summed E-state index contributed by atoms with van der Waals surface area (Å²) >= 11 is 0. The highest BCUT2D eigenvalue weighted by molar-refractivity contribution is 6.70. The zero-order valence-electron chi connectivity index (χ0n) is 26.7. The van der Waals surface area contributed by atoms with Crippen molar-refractivity contribution in [3.63, 3.8) is 0 Å². The molecule has 0 N–H and O–H groups in total. The Morgan fingerprint density at radius 2 is 1.41 bits per heavy atom. The van der Waals surface area contributed by atoms with Gasteiger partial charge in [-0.2, -0.15) is 26.3 Å². The number of hydrogen-bond donors (Lipinski definition) is 0. The lowest BCUT2D eigenvalue weighted by atomic mass is 9.56. The number of alkyl halides is 6. The van der Waals surface area contributed by atoms with Gasteiger partial charge >= 0.3 is 12.4 Å². The van der Waals surface area contributed by atoms with E-state index in [2.05, 4.69) is 26.6 Å². The van der Waals surface area contributed by atoms with E-state index < -0.39 is 45.6 Å². The number of Topliss-reactive ketones (excluding diaryl/α,β-unsaturated/α-hetero) is 1. The molecule has 3 unspecified atom stereocenters. The summed E-state index contributed by atoms with van der Waals surface area (Å²) in [5.74, 6) is 0.135. The first-order chi connectivity index (χ1) is 18.2. The van der Waals surface area contributed by atoms with E-state index >= 15 is 0 Å². The molecule has 0 heterocycles. The third-order valence-corrected chi connectivity index (χ3v) is 11.2. The Morgan fingerprint density at radius 3 is 1.90 bits per heavy atom. The first-order valence-electron chi connectivity index (χ1n) is 14.9. The Kier molecular flexibility index (Phi) is 10.7. The van der Waals surface area contributed by atoms with Crippen molar-refractivity contribution in [1.29, 1.82) is 0 Å². The van der Waals surface area contributed by atoms with Crippen molar-refractivity contribution in [3.05, 3.63) is 12.2 Å². The van der Waals surface area contributed by atoms with Gasteiger partial charge < -0.3 is 8.85 Å². The quantitative estimate of drug-likeness (QED) is 0.122. The summed E-state index contributed by atoms with van der Waals surface area (Å²) in [5.41, 5.74) is -5.67. The third-order valence-electron chi connectivity index (χ3n) is 9.06. The van der Waals surface area contributed by atoms with E-state index in [4.69, 9.17) is 8.85 Å². The molecule has 0 spiro atoms. The van der Waals surface area contributed by atoms with Crippen LogP contribution in [0.2, 0.25) is 39.3 Å². The van der Waals surface area contributed by atoms with Crippen LogP contribution in [-0.2, 0) is 13.6 Å². The molecular weight excluding hydrogens is 578 g/mol. The fourth-order valence-electron chi connectivity index (χ4n) is 7.77. The molecule has 4 atom stereocenters. The molecule has 2 aliphatic carbocycles. The topological polar surface area (TPSA) is 35.5 Å². The summed E-state index contributed by atoms with van der Waals surface area (Å²) in [6, 6.07) is 0. The number of allylic oxidation sites excluding steroid dienone is 1. The van der Waals surface area contributed by atoms with Crippen molar-refractivity contribution < 1.29 is 40.0 Å². The van der Waals surface area contributed by atoms with Crippen LogP contribution in [0.25, 0.3) is 0 Å². The maximum Gasteiger partial charge on any atom is 0.429 e. The molecule has 240 valence electrons. The standard InChI is InChI=1S/C30H52F6O3Si2/c1-25(2,38-40(5,6)7)17-12-18-26(3,24-16-15-22-23(37)14-11-20-27(22,24)4)19-13-21-28(29(31,32)33,30(34,35)36)39-41(8,9)10/h13,21-22,24H,11-12,14-20H2,1-10H3/b21-13-/t22?,24?,26?,27-/m0/s1. The lowest BCUT2D eigenvalue weighted by Crippen LogP contribution is -2.61. The number of hydrogen-bond acceptors (Lipinski definition) is 3. The van der Waals surface area contributed by atoms with Gasteiger partial charge in [0.25, 0.3) is 5.60 Å². The Hall–Kier alpha value is -0.656. The molecule has 2 rings (SSSR count). The van der Waals surface area contributed by atoms with Crippen molar-refractivity contribution in [1.82, 2.24) is 0 Å². The number of ketones is 1. The lowest BCUT2D eigenvalue weighted by molar-refractivity contribution is -0.340. The molecule has 2 saturated carbocycles. The first-order valence-corrected chi connectivity index (χ1v) is 21.7. The van der Waals surface area contributed by atoms with Crippen LogP contribution >= 0.6 is 0 Å². The molecule has 0 bridgehead atoms. The minimum absolute atomic E-state index is 0.000922. The highest BCUT2D eigenvalue weighted by atomic mass is 28.4. The second-order valence-electron chi connectivity index (χ2n) is 15.5. The maximum absolute atomic E-state index is 14.2. The van der Waals surface area contributed by atoms with Crippen LogP contribution < -0.4 is 0 Å². The minimum Gasteiger partial charge on any atom is -0.413 e. The number of fused-ring (bicyclic) bond motifs is 1. The normalized spacial score (nSPS) is 26.9. The van der Waals surface area contributed by atoms with Gasteiger partial charge in [0, 0.05) is 12.3 Å². The van der Waals surface area contributed by atoms with E-state index in [0.29, 0.717) is 19.3 Å². The molecule has 2 aliphatic rings. The van der Waals surface area contributed by atoms with Crippen molar-refractivity contribution in [2.75, 3.05) is 0 Å². The van der Waals surface area contributed by atoms with Crippen molar-refractivity contribution in [2.45, 2.75) is 148 Å². The van der Waals surface area contributed by atoms with Gasteiger partial charge in [-0.3, -0.25) is 4.79 Å². The van der Waals surface area contributed by atoms with Crippen LogP contribution in [0.15, 0.2) is 12.2 Å². The van der Waals surface area contributed by atoms with Crippen LogP contribution in [0, 0.1) is 22.7 Å². The smallest absolute Gasteiger partial charge is 0.413 e. The van der Waals surface area contributed by atoms with Gasteiger partial charge in [-0.25, -0.2) is 0 Å². The second kappa shape index (κ2) is 12.0. The Balaban J connectivity index is 2.48. The summed E-state index contributed by atoms with van der Waals surface area (Å²) in [7, 11) is -5.10. The van der Waals surface area contributed by atoms with Crippen LogP contribution in [0.4, 0.5) is 26.3 Å². The van der Waals surface area contributed by atoms with Gasteiger partial charge in [0.15, 0.2) is 16.6 Å². The van der Waals surface area contributed by atoms with Crippen molar-refractivity contribution in [2.24, 2.45) is 22.7 Å². The van der Waals surface area contributed by atoms with Crippen molar-refractivity contribution in [3.8, 4) is 0 Å². The monoisotopic (exact) mass is 630 g/mol. The predicted octanol–water partition coefficient (Wildman–Crippen LogP) is 10.2. The zero-order chi connectivity index (χ0) is 31.9. The molecule has 2 fully saturated rings. The van der Waals surface area contributed by atoms with Crippen LogP contribution in [0.1, 0.15) is 85.5 Å². The van der Waals surface area contributed by atoms with E-state index in [1.807, 2.05) is 20.8 Å². The Labute approximate surface area is 245 Å². The van der Waals surface area contributed by atoms with E-state index in [1.165, 1.54) is 19.6 Å². The zero-order valence-corrected chi connectivity index (χ0v) is 28.7. The molecule has 0 saturated heterocycles. The first kappa shape index (κ1) is 36.5. The van der Waals surface area contributed by atoms with Crippen LogP contribution in [0.3, 0.4) is 0 Å². The summed E-state index contributed by atoms with van der Waals surface area (Å²) < 4.78 is 96.4. The SMILES string of the molecule is CC(C)(CCCC(C)(C/C=C\C(O[Si](C)(C)C)(C(F)(F)F)C(F)(F)F)C1CCC2C(=O)CCC[C@@]21C)O[Si](C)(C)C. The van der Waals surface area contributed by atoms with E-state index in [-0.39, 0.29) is 35.5 Å². The number of carbonyl (C=O) groups excluding carboxylic acids is 1. The molecule has 0 radical (unpaired) electrons. The fourth-order valence-corrected chi connectivity index (χ4v) is 10.8. The summed E-state index contributed by atoms with van der Waals surface area (Å²) in [6.45, 7) is 18.5. The fraction of sp³-hybridized carbons (Fsp3) is 0.900. The van der Waals surface area contributed by atoms with Gasteiger partial charge in [-0.15, -0.1) is 0 Å². The molecule has 0 aromatic heterocycles. The van der Waals surface area contributed by atoms with Gasteiger partial charge in [-0.05, 0) is 121 Å². The van der Waals surface area contributed by atoms with E-state index in [1.54, 1.807) is 0 Å². The van der Waals surface area contributed by atoms with E-state index in [9.17, 15) is 31.1 Å². The molecule has 0 amide bonds. The number of halogens is 6. The third kappa shape index (κ3) is 8.72. The molecule has 0 aromatic carbocycles. The summed E-state index contributed by atoms with van der Waals surface area (Å²) in [4.78, 5) is 12.8. The van der Waals surface area contributed by atoms with Crippen LogP contribution in [0.5, 0.6) is 0 Å². The number of rotatable bonds is 12. The van der Waals surface area contributed by atoms with Gasteiger partial charge in [0.05, 0.1) is 5.60 Å². The lowest BCUT2D eigenvalue weighted by Gasteiger charge is -2.48. The molecule has 0 aromatic rings. The highest BCUT2D eigenvalue weighted by Crippen LogP contribution is 2.62. The minimum atomic E-state index is -5.67. The molecule has 11 heteroatoms. The average Bonchev–Trinajstić information content (AvgIpc) is 3.07. The van der Waals surface area contributed by atoms with Crippen molar-refractivity contribution >= 4 is 22.4 Å². The molecule has 41 heavy (non-hydrogen) atoms. The Bertz CT molecular complexity index is 934. The largest absolute Gasteiger partial charge is 0.429 e. The maximum atomic E-state index is 14.2. The van der Waals surface area contributed by atoms with Gasteiger partial charge in [0.1, 0.15) is 5.78 Å². The van der Waals surface area contributed by atoms with Gasteiger partial charge in [0.2, 0.25) is 0 Å². The molecule has 3 nitrogen and oxygen atoms in total. The predicted molar refractivity (Wildman–Crippen MR) is 157 cm³/mol. The van der Waals surface area contributed by atoms with E-state index in [0.717, 1.165) is 38.2 Å². The number of carbonyl (C=O) groups is 1. The summed E-state index contributed by atoms with van der Waals surface area (Å²) in [6.07, 6.45) is -4.38. The Morgan fingerprint density at radius 1 is 0.878 bits per heavy atom. The van der Waals surface area contributed by atoms with Gasteiger partial charge in [-0.1, -0.05) is 26.3 Å². The highest BCUT2D eigenvalue weighted by Gasteiger charge is 2.71. The molecule has 0 aliphatic heterocycles.